The van der Waals surface area contributed by atoms with E-state index in [4.69, 9.17) is 10.5 Å². The maximum atomic E-state index is 12.5. The van der Waals surface area contributed by atoms with Crippen LogP contribution in [-0.4, -0.2) is 30.5 Å². The quantitative estimate of drug-likeness (QED) is 0.770. The molecule has 0 fully saturated rings. The minimum atomic E-state index is -0.00769. The van der Waals surface area contributed by atoms with Gasteiger partial charge in [0.25, 0.3) is 5.91 Å². The van der Waals surface area contributed by atoms with Gasteiger partial charge in [-0.15, -0.1) is 0 Å². The van der Waals surface area contributed by atoms with Gasteiger partial charge in [0, 0.05) is 13.1 Å². The van der Waals surface area contributed by atoms with E-state index in [2.05, 4.69) is 6.92 Å². The normalized spacial score (nSPS) is 10.3. The summed E-state index contributed by atoms with van der Waals surface area (Å²) in [6.45, 7) is 7.95. The van der Waals surface area contributed by atoms with Gasteiger partial charge in [0.15, 0.2) is 5.75 Å². The van der Waals surface area contributed by atoms with Crippen molar-refractivity contribution in [2.24, 2.45) is 0 Å². The number of amides is 1. The van der Waals surface area contributed by atoms with Crippen molar-refractivity contribution in [2.45, 2.75) is 33.6 Å². The first-order chi connectivity index (χ1) is 9.15. The molecule has 1 amide bonds. The summed E-state index contributed by atoms with van der Waals surface area (Å²) in [6.07, 6.45) is 2.07. The van der Waals surface area contributed by atoms with E-state index in [0.29, 0.717) is 30.2 Å². The standard InChI is InChI=1S/C15H24N2O2/c1-4-7-11-17(5-2)15(18)12-9-8-10-13(16)14(12)19-6-3/h8-10H,4-7,11,16H2,1-3H3. The van der Waals surface area contributed by atoms with Gasteiger partial charge in [0.2, 0.25) is 0 Å². The predicted molar refractivity (Wildman–Crippen MR) is 78.5 cm³/mol. The number of carbonyl (C=O) groups excluding carboxylic acids is 1. The lowest BCUT2D eigenvalue weighted by molar-refractivity contribution is 0.0758. The van der Waals surface area contributed by atoms with E-state index in [1.807, 2.05) is 18.7 Å². The fourth-order valence-electron chi connectivity index (χ4n) is 1.95. The summed E-state index contributed by atoms with van der Waals surface area (Å²) >= 11 is 0. The molecule has 0 saturated heterocycles. The summed E-state index contributed by atoms with van der Waals surface area (Å²) in [6, 6.07) is 5.32. The third kappa shape index (κ3) is 3.88. The highest BCUT2D eigenvalue weighted by Gasteiger charge is 2.19. The van der Waals surface area contributed by atoms with Gasteiger partial charge in [0.1, 0.15) is 0 Å². The van der Waals surface area contributed by atoms with Gasteiger partial charge >= 0.3 is 0 Å². The van der Waals surface area contributed by atoms with Crippen molar-refractivity contribution in [3.63, 3.8) is 0 Å². The molecular formula is C15H24N2O2. The van der Waals surface area contributed by atoms with E-state index in [0.717, 1.165) is 19.4 Å². The molecule has 4 heteroatoms. The molecule has 0 aliphatic rings. The van der Waals surface area contributed by atoms with Crippen molar-refractivity contribution in [2.75, 3.05) is 25.4 Å². The monoisotopic (exact) mass is 264 g/mol. The van der Waals surface area contributed by atoms with Crippen LogP contribution in [0.15, 0.2) is 18.2 Å². The Balaban J connectivity index is 3.00. The summed E-state index contributed by atoms with van der Waals surface area (Å²) in [5.41, 5.74) is 6.96. The highest BCUT2D eigenvalue weighted by atomic mass is 16.5. The molecular weight excluding hydrogens is 240 g/mol. The summed E-state index contributed by atoms with van der Waals surface area (Å²) in [5, 5.41) is 0. The smallest absolute Gasteiger partial charge is 0.257 e. The second-order valence-electron chi connectivity index (χ2n) is 4.40. The number of ether oxygens (including phenoxy) is 1. The molecule has 0 radical (unpaired) electrons. The number of nitrogens with zero attached hydrogens (tertiary/aromatic N) is 1. The van der Waals surface area contributed by atoms with Gasteiger partial charge in [-0.25, -0.2) is 0 Å². The van der Waals surface area contributed by atoms with Crippen molar-refractivity contribution in [3.05, 3.63) is 23.8 Å². The first-order valence-electron chi connectivity index (χ1n) is 6.96. The lowest BCUT2D eigenvalue weighted by Gasteiger charge is -2.22. The Bertz CT molecular complexity index is 419. The number of benzene rings is 1. The van der Waals surface area contributed by atoms with Crippen LogP contribution < -0.4 is 10.5 Å². The van der Waals surface area contributed by atoms with Crippen LogP contribution in [0.25, 0.3) is 0 Å². The Morgan fingerprint density at radius 2 is 2.05 bits per heavy atom. The van der Waals surface area contributed by atoms with E-state index in [-0.39, 0.29) is 5.91 Å². The SMILES string of the molecule is CCCCN(CC)C(=O)c1cccc(N)c1OCC. The highest BCUT2D eigenvalue weighted by molar-refractivity contribution is 5.98. The number of hydrogen-bond donors (Lipinski definition) is 1. The first-order valence-corrected chi connectivity index (χ1v) is 6.96. The Morgan fingerprint density at radius 1 is 1.32 bits per heavy atom. The van der Waals surface area contributed by atoms with Crippen molar-refractivity contribution in [1.29, 1.82) is 0 Å². The number of nitrogen functional groups attached to an aromatic ring is 1. The van der Waals surface area contributed by atoms with Crippen LogP contribution in [-0.2, 0) is 0 Å². The van der Waals surface area contributed by atoms with E-state index >= 15 is 0 Å². The molecule has 0 atom stereocenters. The summed E-state index contributed by atoms with van der Waals surface area (Å²) < 4.78 is 5.52. The Labute approximate surface area is 115 Å². The van der Waals surface area contributed by atoms with Crippen LogP contribution in [0.3, 0.4) is 0 Å². The maximum absolute atomic E-state index is 12.5. The number of hydrogen-bond acceptors (Lipinski definition) is 3. The van der Waals surface area contributed by atoms with Gasteiger partial charge in [0.05, 0.1) is 17.9 Å². The zero-order valence-electron chi connectivity index (χ0n) is 12.1. The molecule has 106 valence electrons. The molecule has 19 heavy (non-hydrogen) atoms. The minimum Gasteiger partial charge on any atom is -0.491 e. The van der Waals surface area contributed by atoms with Gasteiger partial charge in [-0.1, -0.05) is 19.4 Å². The molecule has 0 saturated carbocycles. The first kappa shape index (κ1) is 15.3. The molecule has 0 heterocycles. The van der Waals surface area contributed by atoms with E-state index in [1.165, 1.54) is 0 Å². The largest absolute Gasteiger partial charge is 0.491 e. The second kappa shape index (κ2) is 7.67. The summed E-state index contributed by atoms with van der Waals surface area (Å²) in [5.74, 6) is 0.497. The molecule has 0 unspecified atom stereocenters. The van der Waals surface area contributed by atoms with Gasteiger partial charge in [-0.05, 0) is 32.4 Å². The summed E-state index contributed by atoms with van der Waals surface area (Å²) in [7, 11) is 0. The molecule has 0 aliphatic heterocycles. The van der Waals surface area contributed by atoms with Crippen LogP contribution in [0.5, 0.6) is 5.75 Å². The number of rotatable bonds is 7. The zero-order chi connectivity index (χ0) is 14.3. The molecule has 0 aliphatic carbocycles. The lowest BCUT2D eigenvalue weighted by atomic mass is 10.1. The molecule has 0 bridgehead atoms. The van der Waals surface area contributed by atoms with Gasteiger partial charge in [-0.3, -0.25) is 4.79 Å². The molecule has 1 aromatic rings. The van der Waals surface area contributed by atoms with Crippen LogP contribution in [0.4, 0.5) is 5.69 Å². The number of carbonyl (C=O) groups is 1. The van der Waals surface area contributed by atoms with Crippen molar-refractivity contribution in [1.82, 2.24) is 4.90 Å². The van der Waals surface area contributed by atoms with Crippen LogP contribution in [0.1, 0.15) is 44.0 Å². The van der Waals surface area contributed by atoms with E-state index in [9.17, 15) is 4.79 Å². The Kier molecular flexibility index (Phi) is 6.19. The molecule has 4 nitrogen and oxygen atoms in total. The Hall–Kier alpha value is -1.71. The highest BCUT2D eigenvalue weighted by Crippen LogP contribution is 2.27. The maximum Gasteiger partial charge on any atom is 0.257 e. The molecule has 2 N–H and O–H groups in total. The third-order valence-electron chi connectivity index (χ3n) is 3.02. The number of unbranched alkanes of at least 4 members (excludes halogenated alkanes) is 1. The average molecular weight is 264 g/mol. The van der Waals surface area contributed by atoms with Crippen molar-refractivity contribution < 1.29 is 9.53 Å². The number of anilines is 1. The predicted octanol–water partition coefficient (Wildman–Crippen LogP) is 2.93. The van der Waals surface area contributed by atoms with Crippen molar-refractivity contribution in [3.8, 4) is 5.75 Å². The number of para-hydroxylation sites is 1. The Morgan fingerprint density at radius 3 is 2.63 bits per heavy atom. The third-order valence-corrected chi connectivity index (χ3v) is 3.02. The molecule has 1 rings (SSSR count). The van der Waals surface area contributed by atoms with Gasteiger partial charge in [-0.2, -0.15) is 0 Å². The molecule has 0 spiro atoms. The van der Waals surface area contributed by atoms with Crippen LogP contribution in [0, 0.1) is 0 Å². The lowest BCUT2D eigenvalue weighted by Crippen LogP contribution is -2.32. The van der Waals surface area contributed by atoms with Crippen LogP contribution >= 0.6 is 0 Å². The molecule has 0 aromatic heterocycles. The number of nitrogens with two attached hydrogens (primary N) is 1. The fraction of sp³-hybridized carbons (Fsp3) is 0.533. The van der Waals surface area contributed by atoms with Gasteiger partial charge < -0.3 is 15.4 Å². The summed E-state index contributed by atoms with van der Waals surface area (Å²) in [4.78, 5) is 14.4. The van der Waals surface area contributed by atoms with E-state index < -0.39 is 0 Å². The second-order valence-corrected chi connectivity index (χ2v) is 4.40. The van der Waals surface area contributed by atoms with E-state index in [1.54, 1.807) is 18.2 Å². The minimum absolute atomic E-state index is 0.00769. The zero-order valence-corrected chi connectivity index (χ0v) is 12.1. The van der Waals surface area contributed by atoms with Crippen molar-refractivity contribution >= 4 is 11.6 Å². The fourth-order valence-corrected chi connectivity index (χ4v) is 1.95. The molecule has 1 aromatic carbocycles. The van der Waals surface area contributed by atoms with Crippen LogP contribution in [0.2, 0.25) is 0 Å². The topological polar surface area (TPSA) is 55.6 Å². The average Bonchev–Trinajstić information content (AvgIpc) is 2.42.